The van der Waals surface area contributed by atoms with Crippen LogP contribution >= 0.6 is 11.8 Å². The van der Waals surface area contributed by atoms with E-state index >= 15 is 0 Å². The largest absolute Gasteiger partial charge is 0.481 e. The number of rotatable bonds is 6. The third kappa shape index (κ3) is 3.48. The van der Waals surface area contributed by atoms with Gasteiger partial charge in [0.1, 0.15) is 5.75 Å². The fourth-order valence-corrected chi connectivity index (χ4v) is 1.88. The zero-order valence-electron chi connectivity index (χ0n) is 10.1. The lowest BCUT2D eigenvalue weighted by Gasteiger charge is -2.10. The number of hydrogen-bond donors (Lipinski definition) is 1. The molecule has 0 aliphatic rings. The molecule has 96 valence electrons. The maximum absolute atomic E-state index is 5.69. The zero-order valence-corrected chi connectivity index (χ0v) is 10.9. The Balaban J connectivity index is 1.96. The van der Waals surface area contributed by atoms with E-state index in [9.17, 15) is 0 Å². The summed E-state index contributed by atoms with van der Waals surface area (Å²) < 4.78 is 11.2. The lowest BCUT2D eigenvalue weighted by molar-refractivity contribution is 0.181. The number of benzene rings is 1. The summed E-state index contributed by atoms with van der Waals surface area (Å²) in [6.45, 7) is 2.45. The van der Waals surface area contributed by atoms with Gasteiger partial charge in [-0.25, -0.2) is 0 Å². The molecule has 2 aromatic rings. The van der Waals surface area contributed by atoms with Gasteiger partial charge in [0.2, 0.25) is 0 Å². The number of ether oxygens (including phenoxy) is 1. The van der Waals surface area contributed by atoms with Crippen molar-refractivity contribution in [3.8, 4) is 5.75 Å². The Morgan fingerprint density at radius 2 is 2.11 bits per heavy atom. The number of nitrogens with two attached hydrogens (primary N) is 1. The molecule has 1 aromatic carbocycles. The average Bonchev–Trinajstić information content (AvgIpc) is 2.86. The van der Waals surface area contributed by atoms with E-state index in [0.29, 0.717) is 17.7 Å². The van der Waals surface area contributed by atoms with Crippen LogP contribution in [-0.2, 0) is 0 Å². The van der Waals surface area contributed by atoms with Crippen LogP contribution in [0.2, 0.25) is 0 Å². The molecule has 0 saturated heterocycles. The first-order valence-electron chi connectivity index (χ1n) is 5.67. The highest BCUT2D eigenvalue weighted by Crippen LogP contribution is 2.23. The van der Waals surface area contributed by atoms with E-state index < -0.39 is 0 Å². The average molecular weight is 265 g/mol. The van der Waals surface area contributed by atoms with Gasteiger partial charge in [-0.2, -0.15) is 0 Å². The van der Waals surface area contributed by atoms with Crippen molar-refractivity contribution in [1.29, 1.82) is 0 Å². The number of aromatic nitrogens is 2. The monoisotopic (exact) mass is 265 g/mol. The maximum atomic E-state index is 5.69. The Bertz CT molecular complexity index is 475. The third-order valence-electron chi connectivity index (χ3n) is 2.17. The second-order valence-corrected chi connectivity index (χ2v) is 4.66. The van der Waals surface area contributed by atoms with Gasteiger partial charge in [0, 0.05) is 12.3 Å². The molecule has 1 atom stereocenters. The van der Waals surface area contributed by atoms with E-state index in [4.69, 9.17) is 14.9 Å². The van der Waals surface area contributed by atoms with Crippen molar-refractivity contribution in [2.45, 2.75) is 18.3 Å². The van der Waals surface area contributed by atoms with Crippen LogP contribution in [0.15, 0.2) is 40.0 Å². The van der Waals surface area contributed by atoms with Crippen LogP contribution < -0.4 is 10.5 Å². The summed E-state index contributed by atoms with van der Waals surface area (Å²) in [5.41, 5.74) is 5.41. The van der Waals surface area contributed by atoms with E-state index in [0.717, 1.165) is 11.5 Å². The van der Waals surface area contributed by atoms with Crippen molar-refractivity contribution in [1.82, 2.24) is 10.2 Å². The van der Waals surface area contributed by atoms with E-state index in [2.05, 4.69) is 10.2 Å². The number of thioether (sulfide) groups is 1. The highest BCUT2D eigenvalue weighted by atomic mass is 32.2. The molecular formula is C12H15N3O2S. The van der Waals surface area contributed by atoms with Gasteiger partial charge >= 0.3 is 0 Å². The highest BCUT2D eigenvalue weighted by molar-refractivity contribution is 7.99. The van der Waals surface area contributed by atoms with Crippen LogP contribution in [0.25, 0.3) is 0 Å². The molecular weight excluding hydrogens is 250 g/mol. The number of para-hydroxylation sites is 1. The fourth-order valence-electron chi connectivity index (χ4n) is 1.34. The number of nitrogens with zero attached hydrogens (tertiary/aromatic N) is 2. The fraction of sp³-hybridized carbons (Fsp3) is 0.333. The van der Waals surface area contributed by atoms with E-state index in [1.54, 1.807) is 0 Å². The molecule has 0 aliphatic carbocycles. The Morgan fingerprint density at radius 3 is 2.83 bits per heavy atom. The second-order valence-electron chi connectivity index (χ2n) is 3.62. The summed E-state index contributed by atoms with van der Waals surface area (Å²) in [4.78, 5) is 0. The molecule has 6 heteroatoms. The van der Waals surface area contributed by atoms with Gasteiger partial charge in [-0.15, -0.1) is 10.2 Å². The van der Waals surface area contributed by atoms with E-state index in [-0.39, 0.29) is 6.10 Å². The normalized spacial score (nSPS) is 12.3. The van der Waals surface area contributed by atoms with Crippen molar-refractivity contribution in [2.24, 2.45) is 5.73 Å². The summed E-state index contributed by atoms with van der Waals surface area (Å²) in [5, 5.41) is 8.42. The Labute approximate surface area is 110 Å². The van der Waals surface area contributed by atoms with Gasteiger partial charge in [0.15, 0.2) is 6.10 Å². The zero-order chi connectivity index (χ0) is 12.8. The van der Waals surface area contributed by atoms with Crippen molar-refractivity contribution >= 4 is 11.8 Å². The third-order valence-corrected chi connectivity index (χ3v) is 3.02. The van der Waals surface area contributed by atoms with Crippen LogP contribution in [0.1, 0.15) is 18.9 Å². The van der Waals surface area contributed by atoms with Crippen LogP contribution in [0.5, 0.6) is 5.75 Å². The summed E-state index contributed by atoms with van der Waals surface area (Å²) in [6, 6.07) is 9.54. The van der Waals surface area contributed by atoms with Gasteiger partial charge in [0.25, 0.3) is 11.1 Å². The maximum Gasteiger partial charge on any atom is 0.276 e. The number of hydrogen-bond acceptors (Lipinski definition) is 6. The first-order chi connectivity index (χ1) is 8.79. The molecule has 1 aromatic heterocycles. The Hall–Kier alpha value is -1.53. The molecule has 18 heavy (non-hydrogen) atoms. The van der Waals surface area contributed by atoms with Crippen molar-refractivity contribution < 1.29 is 9.15 Å². The van der Waals surface area contributed by atoms with E-state index in [1.165, 1.54) is 11.8 Å². The van der Waals surface area contributed by atoms with Crippen molar-refractivity contribution in [3.63, 3.8) is 0 Å². The van der Waals surface area contributed by atoms with Gasteiger partial charge in [0.05, 0.1) is 0 Å². The summed E-state index contributed by atoms with van der Waals surface area (Å²) in [5.74, 6) is 2.01. The van der Waals surface area contributed by atoms with Crippen LogP contribution in [0, 0.1) is 0 Å². The van der Waals surface area contributed by atoms with E-state index in [1.807, 2.05) is 37.3 Å². The first-order valence-corrected chi connectivity index (χ1v) is 6.66. The molecule has 5 nitrogen and oxygen atoms in total. The second kappa shape index (κ2) is 6.42. The molecule has 0 bridgehead atoms. The molecule has 2 rings (SSSR count). The standard InChI is InChI=1S/C12H15N3O2S/c1-9(16-10-5-3-2-4-6-10)11-14-15-12(17-11)18-8-7-13/h2-6,9H,7-8,13H2,1H3. The molecule has 0 fully saturated rings. The highest BCUT2D eigenvalue weighted by Gasteiger charge is 2.15. The quantitative estimate of drug-likeness (QED) is 0.807. The SMILES string of the molecule is CC(Oc1ccccc1)c1nnc(SCCN)o1. The molecule has 2 N–H and O–H groups in total. The van der Waals surface area contributed by atoms with Crippen molar-refractivity contribution in [3.05, 3.63) is 36.2 Å². The lowest BCUT2D eigenvalue weighted by atomic mass is 10.3. The molecule has 0 aliphatic heterocycles. The summed E-state index contributed by atoms with van der Waals surface area (Å²) >= 11 is 1.44. The molecule has 0 saturated carbocycles. The molecule has 0 amide bonds. The van der Waals surface area contributed by atoms with Gasteiger partial charge in [-0.05, 0) is 19.1 Å². The molecule has 1 unspecified atom stereocenters. The lowest BCUT2D eigenvalue weighted by Crippen LogP contribution is -2.03. The van der Waals surface area contributed by atoms with Crippen LogP contribution in [-0.4, -0.2) is 22.5 Å². The Morgan fingerprint density at radius 1 is 1.33 bits per heavy atom. The van der Waals surface area contributed by atoms with Crippen LogP contribution in [0.3, 0.4) is 0 Å². The summed E-state index contributed by atoms with van der Waals surface area (Å²) in [7, 11) is 0. The van der Waals surface area contributed by atoms with Gasteiger partial charge in [-0.1, -0.05) is 30.0 Å². The first kappa shape index (κ1) is 12.9. The minimum Gasteiger partial charge on any atom is -0.481 e. The van der Waals surface area contributed by atoms with Crippen LogP contribution in [0.4, 0.5) is 0 Å². The van der Waals surface area contributed by atoms with Crippen molar-refractivity contribution in [2.75, 3.05) is 12.3 Å². The minimum absolute atomic E-state index is 0.271. The Kier molecular flexibility index (Phi) is 4.60. The minimum atomic E-state index is -0.271. The van der Waals surface area contributed by atoms with Gasteiger partial charge < -0.3 is 14.9 Å². The predicted molar refractivity (Wildman–Crippen MR) is 69.6 cm³/mol. The smallest absolute Gasteiger partial charge is 0.276 e. The molecule has 0 radical (unpaired) electrons. The topological polar surface area (TPSA) is 74.2 Å². The summed E-state index contributed by atoms with van der Waals surface area (Å²) in [6.07, 6.45) is -0.271. The predicted octanol–water partition coefficient (Wildman–Crippen LogP) is 2.26. The molecule has 1 heterocycles. The van der Waals surface area contributed by atoms with Gasteiger partial charge in [-0.3, -0.25) is 0 Å². The molecule has 0 spiro atoms.